The van der Waals surface area contributed by atoms with Crippen LogP contribution in [0.1, 0.15) is 11.8 Å². The quantitative estimate of drug-likeness (QED) is 0.765. The van der Waals surface area contributed by atoms with Crippen LogP contribution < -0.4 is 10.1 Å². The minimum absolute atomic E-state index is 0.0414. The highest BCUT2D eigenvalue weighted by Gasteiger charge is 2.20. The van der Waals surface area contributed by atoms with Crippen LogP contribution in [0.15, 0.2) is 24.3 Å². The van der Waals surface area contributed by atoms with Crippen LogP contribution in [0, 0.1) is 12.8 Å². The van der Waals surface area contributed by atoms with Gasteiger partial charge >= 0.3 is 6.61 Å². The number of ether oxygens (including phenoxy) is 1. The number of halogens is 2. The van der Waals surface area contributed by atoms with Gasteiger partial charge in [-0.3, -0.25) is 4.79 Å². The van der Waals surface area contributed by atoms with Crippen LogP contribution in [0.5, 0.6) is 5.75 Å². The number of benzene rings is 1. The standard InChI is InChI=1S/C16H18F2N2O4S2/c1-9(8-26(3,22)23)14(21)20-16-19-13(10(2)25-16)11-4-6-12(7-5-11)24-15(17)18/h4-7,9,15H,8H2,1-3H3,(H,19,20,21)/t9-/m1/s1. The molecule has 0 radical (unpaired) electrons. The first-order chi connectivity index (χ1) is 12.0. The number of rotatable bonds is 7. The molecule has 1 atom stereocenters. The Labute approximate surface area is 154 Å². The lowest BCUT2D eigenvalue weighted by Crippen LogP contribution is -2.26. The first-order valence-corrected chi connectivity index (χ1v) is 10.4. The summed E-state index contributed by atoms with van der Waals surface area (Å²) in [6, 6.07) is 6.01. The van der Waals surface area contributed by atoms with Gasteiger partial charge in [-0.25, -0.2) is 13.4 Å². The third-order valence-electron chi connectivity index (χ3n) is 3.38. The Morgan fingerprint density at radius 2 is 1.92 bits per heavy atom. The van der Waals surface area contributed by atoms with Gasteiger partial charge in [0.15, 0.2) is 5.13 Å². The Morgan fingerprint density at radius 1 is 1.31 bits per heavy atom. The van der Waals surface area contributed by atoms with Crippen molar-refractivity contribution in [3.05, 3.63) is 29.1 Å². The van der Waals surface area contributed by atoms with E-state index in [0.717, 1.165) is 11.1 Å². The lowest BCUT2D eigenvalue weighted by atomic mass is 10.1. The Hall–Kier alpha value is -2.07. The van der Waals surface area contributed by atoms with Crippen LogP contribution in [-0.2, 0) is 14.6 Å². The molecule has 2 aromatic rings. The van der Waals surface area contributed by atoms with Gasteiger partial charge in [0.05, 0.1) is 11.4 Å². The molecule has 0 unspecified atom stereocenters. The Bertz CT molecular complexity index is 880. The maximum atomic E-state index is 12.2. The molecule has 1 amide bonds. The van der Waals surface area contributed by atoms with Gasteiger partial charge in [-0.05, 0) is 31.2 Å². The second kappa shape index (κ2) is 8.09. The van der Waals surface area contributed by atoms with Crippen LogP contribution in [-0.4, -0.2) is 37.9 Å². The number of nitrogens with one attached hydrogen (secondary N) is 1. The second-order valence-electron chi connectivity index (χ2n) is 5.81. The molecule has 1 N–H and O–H groups in total. The average molecular weight is 404 g/mol. The zero-order chi connectivity index (χ0) is 19.5. The van der Waals surface area contributed by atoms with E-state index in [-0.39, 0.29) is 11.5 Å². The molecule has 142 valence electrons. The van der Waals surface area contributed by atoms with Crippen LogP contribution in [0.25, 0.3) is 11.3 Å². The van der Waals surface area contributed by atoms with Crippen molar-refractivity contribution in [2.24, 2.45) is 5.92 Å². The molecule has 26 heavy (non-hydrogen) atoms. The SMILES string of the molecule is Cc1sc(NC(=O)[C@H](C)CS(C)(=O)=O)nc1-c1ccc(OC(F)F)cc1. The Morgan fingerprint density at radius 3 is 2.46 bits per heavy atom. The maximum Gasteiger partial charge on any atom is 0.387 e. The molecule has 1 aromatic heterocycles. The third-order valence-corrected chi connectivity index (χ3v) is 5.37. The van der Waals surface area contributed by atoms with Crippen molar-refractivity contribution < 1.29 is 26.7 Å². The number of nitrogens with zero attached hydrogens (tertiary/aromatic N) is 1. The van der Waals surface area contributed by atoms with E-state index >= 15 is 0 Å². The molecule has 0 saturated heterocycles. The molecule has 1 heterocycles. The number of hydrogen-bond donors (Lipinski definition) is 1. The summed E-state index contributed by atoms with van der Waals surface area (Å²) in [6.45, 7) is 0.448. The molecule has 0 saturated carbocycles. The molecular formula is C16H18F2N2O4S2. The van der Waals surface area contributed by atoms with Crippen molar-refractivity contribution in [2.75, 3.05) is 17.3 Å². The van der Waals surface area contributed by atoms with E-state index in [4.69, 9.17) is 0 Å². The number of anilines is 1. The number of carbonyl (C=O) groups is 1. The number of amides is 1. The predicted octanol–water partition coefficient (Wildman–Crippen LogP) is 3.34. The van der Waals surface area contributed by atoms with Crippen LogP contribution in [0.3, 0.4) is 0 Å². The van der Waals surface area contributed by atoms with Gasteiger partial charge in [-0.15, -0.1) is 11.3 Å². The van der Waals surface area contributed by atoms with Gasteiger partial charge in [-0.1, -0.05) is 6.92 Å². The van der Waals surface area contributed by atoms with E-state index in [1.54, 1.807) is 12.1 Å². The Kier molecular flexibility index (Phi) is 6.30. The van der Waals surface area contributed by atoms with Crippen molar-refractivity contribution in [1.29, 1.82) is 0 Å². The predicted molar refractivity (Wildman–Crippen MR) is 96.4 cm³/mol. The number of aryl methyl sites for hydroxylation is 1. The third kappa shape index (κ3) is 5.73. The fraction of sp³-hybridized carbons (Fsp3) is 0.375. The molecule has 10 heteroatoms. The van der Waals surface area contributed by atoms with Crippen molar-refractivity contribution in [1.82, 2.24) is 4.98 Å². The smallest absolute Gasteiger partial charge is 0.387 e. The molecular weight excluding hydrogens is 386 g/mol. The second-order valence-corrected chi connectivity index (χ2v) is 9.20. The van der Waals surface area contributed by atoms with Crippen molar-refractivity contribution in [2.45, 2.75) is 20.5 Å². The molecule has 1 aromatic carbocycles. The van der Waals surface area contributed by atoms with E-state index in [2.05, 4.69) is 15.0 Å². The summed E-state index contributed by atoms with van der Waals surface area (Å²) in [6.07, 6.45) is 1.07. The van der Waals surface area contributed by atoms with Crippen molar-refractivity contribution in [3.8, 4) is 17.0 Å². The number of alkyl halides is 2. The van der Waals surface area contributed by atoms with Gasteiger partial charge in [0.2, 0.25) is 5.91 Å². The van der Waals surface area contributed by atoms with E-state index in [1.807, 2.05) is 6.92 Å². The minimum Gasteiger partial charge on any atom is -0.435 e. The van der Waals surface area contributed by atoms with Gasteiger partial charge < -0.3 is 10.1 Å². The number of aromatic nitrogens is 1. The highest BCUT2D eigenvalue weighted by Crippen LogP contribution is 2.31. The number of hydrogen-bond acceptors (Lipinski definition) is 6. The van der Waals surface area contributed by atoms with Crippen molar-refractivity contribution in [3.63, 3.8) is 0 Å². The summed E-state index contributed by atoms with van der Waals surface area (Å²) in [5.74, 6) is -1.35. The molecule has 0 fully saturated rings. The van der Waals surface area contributed by atoms with Gasteiger partial charge in [0.1, 0.15) is 15.6 Å². The zero-order valence-corrected chi connectivity index (χ0v) is 16.0. The van der Waals surface area contributed by atoms with E-state index in [0.29, 0.717) is 16.4 Å². The van der Waals surface area contributed by atoms with Crippen LogP contribution >= 0.6 is 11.3 Å². The minimum atomic E-state index is -3.26. The first-order valence-electron chi connectivity index (χ1n) is 7.56. The zero-order valence-electron chi connectivity index (χ0n) is 14.3. The highest BCUT2D eigenvalue weighted by atomic mass is 32.2. The van der Waals surface area contributed by atoms with Crippen LogP contribution in [0.4, 0.5) is 13.9 Å². The highest BCUT2D eigenvalue weighted by molar-refractivity contribution is 7.90. The van der Waals surface area contributed by atoms with Crippen molar-refractivity contribution >= 4 is 32.2 Å². The van der Waals surface area contributed by atoms with Gasteiger partial charge in [-0.2, -0.15) is 8.78 Å². The van der Waals surface area contributed by atoms with Gasteiger partial charge in [0, 0.05) is 22.6 Å². The van der Waals surface area contributed by atoms with Crippen LogP contribution in [0.2, 0.25) is 0 Å². The van der Waals surface area contributed by atoms with E-state index in [9.17, 15) is 22.0 Å². The Balaban J connectivity index is 2.12. The molecule has 6 nitrogen and oxygen atoms in total. The largest absolute Gasteiger partial charge is 0.435 e. The monoisotopic (exact) mass is 404 g/mol. The molecule has 2 rings (SSSR count). The normalized spacial score (nSPS) is 12.8. The summed E-state index contributed by atoms with van der Waals surface area (Å²) < 4.78 is 51.3. The average Bonchev–Trinajstić information content (AvgIpc) is 2.86. The fourth-order valence-corrected chi connectivity index (χ4v) is 4.17. The maximum absolute atomic E-state index is 12.2. The number of sulfone groups is 1. The fourth-order valence-electron chi connectivity index (χ4n) is 2.27. The lowest BCUT2D eigenvalue weighted by molar-refractivity contribution is -0.118. The summed E-state index contributed by atoms with van der Waals surface area (Å²) in [5, 5.41) is 2.96. The summed E-state index contributed by atoms with van der Waals surface area (Å²) in [5.41, 5.74) is 1.29. The molecule has 0 spiro atoms. The number of carbonyl (C=O) groups excluding carboxylic acids is 1. The summed E-state index contributed by atoms with van der Waals surface area (Å²) in [4.78, 5) is 17.3. The van der Waals surface area contributed by atoms with Gasteiger partial charge in [0.25, 0.3) is 0 Å². The molecule has 0 bridgehead atoms. The molecule has 0 aliphatic carbocycles. The van der Waals surface area contributed by atoms with E-state index < -0.39 is 28.3 Å². The summed E-state index contributed by atoms with van der Waals surface area (Å²) >= 11 is 1.24. The first kappa shape index (κ1) is 20.2. The van der Waals surface area contributed by atoms with E-state index in [1.165, 1.54) is 30.4 Å². The topological polar surface area (TPSA) is 85.4 Å². The molecule has 0 aliphatic rings. The molecule has 0 aliphatic heterocycles. The number of thiazole rings is 1. The lowest BCUT2D eigenvalue weighted by Gasteiger charge is -2.08. The summed E-state index contributed by atoms with van der Waals surface area (Å²) in [7, 11) is -3.26.